The molecular formula is C15H23N3O3. The van der Waals surface area contributed by atoms with E-state index in [-0.39, 0.29) is 23.7 Å². The molecule has 1 aromatic heterocycles. The molecule has 0 radical (unpaired) electrons. The Balaban J connectivity index is 1.98. The molecule has 0 aliphatic carbocycles. The van der Waals surface area contributed by atoms with Gasteiger partial charge in [-0.15, -0.1) is 0 Å². The van der Waals surface area contributed by atoms with Crippen LogP contribution >= 0.6 is 0 Å². The van der Waals surface area contributed by atoms with E-state index in [1.807, 2.05) is 13.8 Å². The third-order valence-electron chi connectivity index (χ3n) is 3.85. The van der Waals surface area contributed by atoms with Gasteiger partial charge in [0.05, 0.1) is 12.9 Å². The predicted molar refractivity (Wildman–Crippen MR) is 77.4 cm³/mol. The Labute approximate surface area is 124 Å². The van der Waals surface area contributed by atoms with E-state index < -0.39 is 6.04 Å². The summed E-state index contributed by atoms with van der Waals surface area (Å²) in [6.07, 6.45) is 5.02. The van der Waals surface area contributed by atoms with E-state index in [0.29, 0.717) is 13.0 Å². The van der Waals surface area contributed by atoms with Gasteiger partial charge in [0, 0.05) is 30.8 Å². The number of imidazole rings is 1. The molecule has 0 bridgehead atoms. The first-order chi connectivity index (χ1) is 10.0. The van der Waals surface area contributed by atoms with Crippen molar-refractivity contribution >= 4 is 11.9 Å². The van der Waals surface area contributed by atoms with Crippen molar-refractivity contribution in [1.29, 1.82) is 0 Å². The van der Waals surface area contributed by atoms with Crippen LogP contribution in [0.15, 0.2) is 12.5 Å². The molecule has 6 heteroatoms. The molecule has 1 amide bonds. The number of ether oxygens (including phenoxy) is 1. The monoisotopic (exact) mass is 293 g/mol. The maximum absolute atomic E-state index is 12.4. The van der Waals surface area contributed by atoms with E-state index in [1.165, 1.54) is 0 Å². The van der Waals surface area contributed by atoms with Gasteiger partial charge in [-0.2, -0.15) is 0 Å². The van der Waals surface area contributed by atoms with Gasteiger partial charge in [-0.1, -0.05) is 13.8 Å². The van der Waals surface area contributed by atoms with Crippen LogP contribution in [0.2, 0.25) is 0 Å². The molecule has 0 saturated heterocycles. The van der Waals surface area contributed by atoms with E-state index in [0.717, 1.165) is 18.7 Å². The molecule has 6 nitrogen and oxygen atoms in total. The Kier molecular flexibility index (Phi) is 4.98. The molecule has 116 valence electrons. The van der Waals surface area contributed by atoms with Gasteiger partial charge in [-0.3, -0.25) is 4.79 Å². The number of carbonyl (C=O) groups excluding carboxylic acids is 2. The molecule has 2 unspecified atom stereocenters. The predicted octanol–water partition coefficient (Wildman–Crippen LogP) is 1.15. The molecule has 0 saturated carbocycles. The average Bonchev–Trinajstić information content (AvgIpc) is 2.91. The second kappa shape index (κ2) is 6.74. The molecule has 1 aliphatic rings. The Morgan fingerprint density at radius 2 is 2.29 bits per heavy atom. The first-order valence-electron chi connectivity index (χ1n) is 7.49. The quantitative estimate of drug-likeness (QED) is 0.827. The van der Waals surface area contributed by atoms with Crippen molar-refractivity contribution in [3.63, 3.8) is 0 Å². The molecule has 1 aromatic rings. The van der Waals surface area contributed by atoms with Crippen molar-refractivity contribution in [3.8, 4) is 0 Å². The van der Waals surface area contributed by atoms with E-state index in [2.05, 4.69) is 14.9 Å². The maximum atomic E-state index is 12.4. The first kappa shape index (κ1) is 15.5. The fourth-order valence-corrected chi connectivity index (χ4v) is 2.59. The van der Waals surface area contributed by atoms with Crippen LogP contribution in [0, 0.1) is 11.8 Å². The third kappa shape index (κ3) is 3.62. The summed E-state index contributed by atoms with van der Waals surface area (Å²) >= 11 is 0. The SMILES string of the molecule is CCOC(=O)C(NC(=O)C1CCn2cncc2C1)C(C)C. The van der Waals surface area contributed by atoms with Gasteiger partial charge in [0.15, 0.2) is 0 Å². The summed E-state index contributed by atoms with van der Waals surface area (Å²) in [6, 6.07) is -0.579. The van der Waals surface area contributed by atoms with Crippen molar-refractivity contribution in [2.75, 3.05) is 6.61 Å². The van der Waals surface area contributed by atoms with Crippen molar-refractivity contribution in [1.82, 2.24) is 14.9 Å². The lowest BCUT2D eigenvalue weighted by Gasteiger charge is -2.26. The lowest BCUT2D eigenvalue weighted by Crippen LogP contribution is -2.48. The molecule has 2 rings (SSSR count). The zero-order chi connectivity index (χ0) is 15.4. The fourth-order valence-electron chi connectivity index (χ4n) is 2.59. The number of amides is 1. The number of nitrogens with zero attached hydrogens (tertiary/aromatic N) is 2. The lowest BCUT2D eigenvalue weighted by molar-refractivity contribution is -0.149. The minimum absolute atomic E-state index is 0.00196. The molecule has 2 heterocycles. The van der Waals surface area contributed by atoms with E-state index in [4.69, 9.17) is 4.74 Å². The zero-order valence-corrected chi connectivity index (χ0v) is 12.8. The van der Waals surface area contributed by atoms with Gasteiger partial charge in [0.1, 0.15) is 6.04 Å². The van der Waals surface area contributed by atoms with Gasteiger partial charge < -0.3 is 14.6 Å². The highest BCUT2D eigenvalue weighted by atomic mass is 16.5. The van der Waals surface area contributed by atoms with Crippen LogP contribution < -0.4 is 5.32 Å². The summed E-state index contributed by atoms with van der Waals surface area (Å²) in [4.78, 5) is 28.4. The standard InChI is InChI=1S/C15H23N3O3/c1-4-21-15(20)13(10(2)3)17-14(19)11-5-6-18-9-16-8-12(18)7-11/h8-11,13H,4-7H2,1-3H3,(H,17,19). The van der Waals surface area contributed by atoms with Crippen LogP contribution in [0.3, 0.4) is 0 Å². The smallest absolute Gasteiger partial charge is 0.328 e. The second-order valence-electron chi connectivity index (χ2n) is 5.75. The number of rotatable bonds is 5. The molecular weight excluding hydrogens is 270 g/mol. The minimum atomic E-state index is -0.579. The summed E-state index contributed by atoms with van der Waals surface area (Å²) in [7, 11) is 0. The van der Waals surface area contributed by atoms with Crippen molar-refractivity contribution < 1.29 is 14.3 Å². The number of fused-ring (bicyclic) bond motifs is 1. The first-order valence-corrected chi connectivity index (χ1v) is 7.49. The van der Waals surface area contributed by atoms with E-state index in [1.54, 1.807) is 19.4 Å². The van der Waals surface area contributed by atoms with Gasteiger partial charge >= 0.3 is 5.97 Å². The fraction of sp³-hybridized carbons (Fsp3) is 0.667. The van der Waals surface area contributed by atoms with E-state index >= 15 is 0 Å². The zero-order valence-electron chi connectivity index (χ0n) is 12.8. The minimum Gasteiger partial charge on any atom is -0.464 e. The summed E-state index contributed by atoms with van der Waals surface area (Å²) in [5.41, 5.74) is 1.07. The number of aromatic nitrogens is 2. The largest absolute Gasteiger partial charge is 0.464 e. The van der Waals surface area contributed by atoms with Crippen LogP contribution in [0.1, 0.15) is 32.9 Å². The number of hydrogen-bond donors (Lipinski definition) is 1. The third-order valence-corrected chi connectivity index (χ3v) is 3.85. The summed E-state index contributed by atoms with van der Waals surface area (Å²) in [6.45, 7) is 6.68. The van der Waals surface area contributed by atoms with Crippen LogP contribution in [-0.4, -0.2) is 34.1 Å². The topological polar surface area (TPSA) is 73.2 Å². The summed E-state index contributed by atoms with van der Waals surface area (Å²) in [5, 5.41) is 2.85. The highest BCUT2D eigenvalue weighted by Crippen LogP contribution is 2.20. The molecule has 0 spiro atoms. The number of aryl methyl sites for hydroxylation is 1. The van der Waals surface area contributed by atoms with Crippen LogP contribution in [0.4, 0.5) is 0 Å². The highest BCUT2D eigenvalue weighted by Gasteiger charge is 2.30. The van der Waals surface area contributed by atoms with E-state index in [9.17, 15) is 9.59 Å². The molecule has 0 fully saturated rings. The normalized spacial score (nSPS) is 19.0. The van der Waals surface area contributed by atoms with Gasteiger partial charge in [0.2, 0.25) is 5.91 Å². The van der Waals surface area contributed by atoms with Crippen molar-refractivity contribution in [3.05, 3.63) is 18.2 Å². The van der Waals surface area contributed by atoms with Crippen LogP contribution in [-0.2, 0) is 27.3 Å². The van der Waals surface area contributed by atoms with Crippen LogP contribution in [0.25, 0.3) is 0 Å². The average molecular weight is 293 g/mol. The molecule has 1 N–H and O–H groups in total. The number of hydrogen-bond acceptors (Lipinski definition) is 4. The maximum Gasteiger partial charge on any atom is 0.328 e. The van der Waals surface area contributed by atoms with Crippen LogP contribution in [0.5, 0.6) is 0 Å². The molecule has 1 aliphatic heterocycles. The Morgan fingerprint density at radius 1 is 1.52 bits per heavy atom. The Bertz CT molecular complexity index is 510. The number of nitrogens with one attached hydrogen (secondary N) is 1. The molecule has 0 aromatic carbocycles. The molecule has 21 heavy (non-hydrogen) atoms. The summed E-state index contributed by atoms with van der Waals surface area (Å²) < 4.78 is 7.09. The van der Waals surface area contributed by atoms with Crippen molar-refractivity contribution in [2.24, 2.45) is 11.8 Å². The van der Waals surface area contributed by atoms with Gasteiger partial charge in [-0.05, 0) is 19.3 Å². The number of esters is 1. The summed E-state index contributed by atoms with van der Waals surface area (Å²) in [5.74, 6) is -0.539. The van der Waals surface area contributed by atoms with Crippen molar-refractivity contribution in [2.45, 2.75) is 46.2 Å². The number of carbonyl (C=O) groups is 2. The lowest BCUT2D eigenvalue weighted by atomic mass is 9.94. The Morgan fingerprint density at radius 3 is 2.95 bits per heavy atom. The second-order valence-corrected chi connectivity index (χ2v) is 5.75. The Hall–Kier alpha value is -1.85. The van der Waals surface area contributed by atoms with Gasteiger partial charge in [0.25, 0.3) is 0 Å². The van der Waals surface area contributed by atoms with Gasteiger partial charge in [-0.25, -0.2) is 9.78 Å². The molecule has 2 atom stereocenters. The highest BCUT2D eigenvalue weighted by molar-refractivity contribution is 5.86.